The third-order valence-electron chi connectivity index (χ3n) is 2.53. The molecule has 0 radical (unpaired) electrons. The molecule has 1 aromatic rings. The molecule has 0 saturated carbocycles. The van der Waals surface area contributed by atoms with Gasteiger partial charge in [0.1, 0.15) is 11.8 Å². The highest BCUT2D eigenvalue weighted by Gasteiger charge is 2.28. The standard InChI is InChI=1S/C12H14N2O2/c1-8-10(13)11(12(15)16-8)14-7-9-5-3-2-4-6-9/h2-6,8,14H,7,13H2,1H3. The molecule has 0 aromatic heterocycles. The van der Waals surface area contributed by atoms with Crippen molar-refractivity contribution in [1.82, 2.24) is 5.32 Å². The van der Waals surface area contributed by atoms with E-state index in [2.05, 4.69) is 5.32 Å². The van der Waals surface area contributed by atoms with Crippen LogP contribution in [0, 0.1) is 0 Å². The van der Waals surface area contributed by atoms with Crippen LogP contribution >= 0.6 is 0 Å². The van der Waals surface area contributed by atoms with Crippen LogP contribution in [-0.4, -0.2) is 12.1 Å². The number of carbonyl (C=O) groups excluding carboxylic acids is 1. The number of ether oxygens (including phenoxy) is 1. The number of nitrogens with one attached hydrogen (secondary N) is 1. The smallest absolute Gasteiger partial charge is 0.357 e. The summed E-state index contributed by atoms with van der Waals surface area (Å²) in [7, 11) is 0. The second-order valence-corrected chi connectivity index (χ2v) is 3.72. The molecule has 1 aliphatic rings. The van der Waals surface area contributed by atoms with Crippen molar-refractivity contribution in [1.29, 1.82) is 0 Å². The first-order valence-electron chi connectivity index (χ1n) is 5.17. The van der Waals surface area contributed by atoms with Gasteiger partial charge >= 0.3 is 5.97 Å². The molecule has 4 nitrogen and oxygen atoms in total. The Labute approximate surface area is 94.1 Å². The van der Waals surface area contributed by atoms with Crippen molar-refractivity contribution in [3.8, 4) is 0 Å². The van der Waals surface area contributed by atoms with Gasteiger partial charge < -0.3 is 15.8 Å². The van der Waals surface area contributed by atoms with Crippen LogP contribution in [0.15, 0.2) is 41.7 Å². The number of cyclic esters (lactones) is 1. The minimum absolute atomic E-state index is 0.328. The maximum Gasteiger partial charge on any atom is 0.357 e. The zero-order valence-electron chi connectivity index (χ0n) is 9.07. The molecule has 0 bridgehead atoms. The van der Waals surface area contributed by atoms with Gasteiger partial charge in [0, 0.05) is 6.54 Å². The average Bonchev–Trinajstić information content (AvgIpc) is 2.53. The molecule has 0 amide bonds. The third-order valence-corrected chi connectivity index (χ3v) is 2.53. The molecule has 0 aliphatic carbocycles. The number of benzene rings is 1. The molecular weight excluding hydrogens is 204 g/mol. The van der Waals surface area contributed by atoms with Crippen LogP contribution in [0.3, 0.4) is 0 Å². The lowest BCUT2D eigenvalue weighted by atomic mass is 10.2. The molecule has 2 rings (SSSR count). The molecule has 0 spiro atoms. The van der Waals surface area contributed by atoms with E-state index >= 15 is 0 Å². The highest BCUT2D eigenvalue weighted by molar-refractivity contribution is 5.91. The molecular formula is C12H14N2O2. The van der Waals surface area contributed by atoms with Gasteiger partial charge in [-0.1, -0.05) is 30.3 Å². The Hall–Kier alpha value is -1.97. The lowest BCUT2D eigenvalue weighted by Crippen LogP contribution is -2.20. The van der Waals surface area contributed by atoms with Gasteiger partial charge in [-0.25, -0.2) is 4.79 Å². The molecule has 3 N–H and O–H groups in total. The fraction of sp³-hybridized carbons (Fsp3) is 0.250. The van der Waals surface area contributed by atoms with E-state index < -0.39 is 0 Å². The van der Waals surface area contributed by atoms with Crippen molar-refractivity contribution < 1.29 is 9.53 Å². The van der Waals surface area contributed by atoms with Crippen LogP contribution in [-0.2, 0) is 16.1 Å². The van der Waals surface area contributed by atoms with Gasteiger partial charge in [0.2, 0.25) is 0 Å². The molecule has 4 heteroatoms. The van der Waals surface area contributed by atoms with Crippen molar-refractivity contribution in [2.24, 2.45) is 5.73 Å². The summed E-state index contributed by atoms with van der Waals surface area (Å²) < 4.78 is 4.97. The van der Waals surface area contributed by atoms with E-state index in [1.54, 1.807) is 6.92 Å². The summed E-state index contributed by atoms with van der Waals surface area (Å²) in [6, 6.07) is 9.80. The summed E-state index contributed by atoms with van der Waals surface area (Å²) >= 11 is 0. The highest BCUT2D eigenvalue weighted by Crippen LogP contribution is 2.16. The van der Waals surface area contributed by atoms with E-state index in [1.165, 1.54) is 0 Å². The van der Waals surface area contributed by atoms with Gasteiger partial charge in [0.25, 0.3) is 0 Å². The fourth-order valence-electron chi connectivity index (χ4n) is 1.56. The molecule has 1 aliphatic heterocycles. The number of nitrogens with two attached hydrogens (primary N) is 1. The first-order valence-corrected chi connectivity index (χ1v) is 5.17. The summed E-state index contributed by atoms with van der Waals surface area (Å²) in [6.07, 6.45) is -0.328. The van der Waals surface area contributed by atoms with Crippen molar-refractivity contribution in [3.05, 3.63) is 47.3 Å². The third kappa shape index (κ3) is 2.00. The molecule has 1 aromatic carbocycles. The Kier molecular flexibility index (Phi) is 2.81. The normalized spacial score (nSPS) is 19.8. The van der Waals surface area contributed by atoms with Gasteiger partial charge in [0.05, 0.1) is 5.70 Å². The van der Waals surface area contributed by atoms with Crippen LogP contribution in [0.5, 0.6) is 0 Å². The van der Waals surface area contributed by atoms with Crippen molar-refractivity contribution in [2.45, 2.75) is 19.6 Å². The predicted octanol–water partition coefficient (Wildman–Crippen LogP) is 0.892. The van der Waals surface area contributed by atoms with E-state index in [9.17, 15) is 4.79 Å². The second kappa shape index (κ2) is 4.26. The molecule has 1 atom stereocenters. The summed E-state index contributed by atoms with van der Waals surface area (Å²) in [5.41, 5.74) is 7.70. The minimum atomic E-state index is -0.374. The average molecular weight is 218 g/mol. The Morgan fingerprint density at radius 3 is 2.62 bits per heavy atom. The number of carbonyl (C=O) groups is 1. The van der Waals surface area contributed by atoms with Gasteiger partial charge in [0.15, 0.2) is 0 Å². The number of rotatable bonds is 3. The summed E-state index contributed by atoms with van der Waals surface area (Å²) in [6.45, 7) is 2.32. The Balaban J connectivity index is 2.04. The minimum Gasteiger partial charge on any atom is -0.451 e. The highest BCUT2D eigenvalue weighted by atomic mass is 16.5. The first kappa shape index (κ1) is 10.5. The Morgan fingerprint density at radius 2 is 2.06 bits per heavy atom. The SMILES string of the molecule is CC1OC(=O)C(NCc2ccccc2)=C1N. The van der Waals surface area contributed by atoms with E-state index in [0.29, 0.717) is 17.9 Å². The number of hydrogen-bond acceptors (Lipinski definition) is 4. The van der Waals surface area contributed by atoms with E-state index in [-0.39, 0.29) is 12.1 Å². The van der Waals surface area contributed by atoms with Crippen LogP contribution in [0.2, 0.25) is 0 Å². The summed E-state index contributed by atoms with van der Waals surface area (Å²) in [5, 5.41) is 3.01. The molecule has 1 heterocycles. The largest absolute Gasteiger partial charge is 0.451 e. The molecule has 84 valence electrons. The topological polar surface area (TPSA) is 64.3 Å². The van der Waals surface area contributed by atoms with E-state index in [0.717, 1.165) is 5.56 Å². The number of hydrogen-bond donors (Lipinski definition) is 2. The lowest BCUT2D eigenvalue weighted by molar-refractivity contribution is -0.139. The zero-order chi connectivity index (χ0) is 11.5. The monoisotopic (exact) mass is 218 g/mol. The molecule has 0 fully saturated rings. The van der Waals surface area contributed by atoms with Crippen LogP contribution in [0.4, 0.5) is 0 Å². The van der Waals surface area contributed by atoms with Gasteiger partial charge in [-0.2, -0.15) is 0 Å². The molecule has 16 heavy (non-hydrogen) atoms. The second-order valence-electron chi connectivity index (χ2n) is 3.72. The van der Waals surface area contributed by atoms with Crippen LogP contribution in [0.1, 0.15) is 12.5 Å². The van der Waals surface area contributed by atoms with Crippen molar-refractivity contribution >= 4 is 5.97 Å². The molecule has 0 saturated heterocycles. The van der Waals surface area contributed by atoms with Gasteiger partial charge in [-0.05, 0) is 12.5 Å². The maximum atomic E-state index is 11.4. The first-order chi connectivity index (χ1) is 7.68. The zero-order valence-corrected chi connectivity index (χ0v) is 9.07. The van der Waals surface area contributed by atoms with Crippen molar-refractivity contribution in [2.75, 3.05) is 0 Å². The van der Waals surface area contributed by atoms with Gasteiger partial charge in [-0.15, -0.1) is 0 Å². The molecule has 1 unspecified atom stereocenters. The van der Waals surface area contributed by atoms with Gasteiger partial charge in [-0.3, -0.25) is 0 Å². The summed E-state index contributed by atoms with van der Waals surface area (Å²) in [4.78, 5) is 11.4. The van der Waals surface area contributed by atoms with Crippen LogP contribution in [0.25, 0.3) is 0 Å². The maximum absolute atomic E-state index is 11.4. The Bertz CT molecular complexity index is 426. The lowest BCUT2D eigenvalue weighted by Gasteiger charge is -2.05. The van der Waals surface area contributed by atoms with E-state index in [1.807, 2.05) is 30.3 Å². The van der Waals surface area contributed by atoms with E-state index in [4.69, 9.17) is 10.5 Å². The Morgan fingerprint density at radius 1 is 1.38 bits per heavy atom. The quantitative estimate of drug-likeness (QED) is 0.740. The van der Waals surface area contributed by atoms with Crippen molar-refractivity contribution in [3.63, 3.8) is 0 Å². The predicted molar refractivity (Wildman–Crippen MR) is 60.0 cm³/mol. The van der Waals surface area contributed by atoms with Crippen LogP contribution < -0.4 is 11.1 Å². The summed E-state index contributed by atoms with van der Waals surface area (Å²) in [5.74, 6) is -0.374. The number of esters is 1. The fourth-order valence-corrected chi connectivity index (χ4v) is 1.56.